The van der Waals surface area contributed by atoms with Gasteiger partial charge in [-0.2, -0.15) is 5.26 Å². The number of hydrogen-bond donors (Lipinski definition) is 1. The Kier molecular flexibility index (Phi) is 4.72. The van der Waals surface area contributed by atoms with Crippen molar-refractivity contribution in [1.82, 2.24) is 4.90 Å². The molecule has 0 radical (unpaired) electrons. The summed E-state index contributed by atoms with van der Waals surface area (Å²) in [5.74, 6) is 0.122. The van der Waals surface area contributed by atoms with Gasteiger partial charge in [0.25, 0.3) is 0 Å². The first-order chi connectivity index (χ1) is 13.6. The molecule has 2 atom stereocenters. The van der Waals surface area contributed by atoms with Crippen LogP contribution >= 0.6 is 0 Å². The molecule has 2 aromatic carbocycles. The van der Waals surface area contributed by atoms with Gasteiger partial charge in [0.2, 0.25) is 5.88 Å². The zero-order valence-corrected chi connectivity index (χ0v) is 15.6. The molecule has 0 unspecified atom stereocenters. The minimum absolute atomic E-state index is 0.0295. The third-order valence-corrected chi connectivity index (χ3v) is 5.45. The molecule has 0 saturated heterocycles. The van der Waals surface area contributed by atoms with Crippen LogP contribution in [0.15, 0.2) is 83.5 Å². The van der Waals surface area contributed by atoms with E-state index in [0.717, 1.165) is 11.1 Å². The van der Waals surface area contributed by atoms with Gasteiger partial charge >= 0.3 is 0 Å². The molecular weight excluding hydrogens is 350 g/mol. The number of ether oxygens (including phenoxy) is 1. The fraction of sp³-hybridized carbons (Fsp3) is 0.217. The third kappa shape index (κ3) is 3.08. The first kappa shape index (κ1) is 18.0. The number of benzene rings is 2. The summed E-state index contributed by atoms with van der Waals surface area (Å²) in [4.78, 5) is 15.2. The summed E-state index contributed by atoms with van der Waals surface area (Å²) < 4.78 is 5.78. The smallest absolute Gasteiger partial charge is 0.205 e. The van der Waals surface area contributed by atoms with E-state index in [1.165, 1.54) is 0 Å². The fourth-order valence-electron chi connectivity index (χ4n) is 3.95. The lowest BCUT2D eigenvalue weighted by Crippen LogP contribution is -2.43. The maximum absolute atomic E-state index is 13.2. The average molecular weight is 371 g/mol. The van der Waals surface area contributed by atoms with E-state index in [2.05, 4.69) is 30.0 Å². The van der Waals surface area contributed by atoms with Crippen molar-refractivity contribution >= 4 is 5.78 Å². The number of nitrogens with zero attached hydrogens (tertiary/aromatic N) is 2. The maximum Gasteiger partial charge on any atom is 0.205 e. The molecule has 0 aliphatic carbocycles. The summed E-state index contributed by atoms with van der Waals surface area (Å²) in [5.41, 5.74) is 8.92. The zero-order chi connectivity index (χ0) is 19.7. The number of carbonyl (C=O) groups is 1. The normalized spacial score (nSPS) is 21.0. The summed E-state index contributed by atoms with van der Waals surface area (Å²) in [7, 11) is 0. The van der Waals surface area contributed by atoms with Crippen LogP contribution in [0.2, 0.25) is 0 Å². The van der Waals surface area contributed by atoms with Crippen LogP contribution in [-0.2, 0) is 9.53 Å². The Labute approximate surface area is 164 Å². The number of rotatable bonds is 3. The van der Waals surface area contributed by atoms with Crippen LogP contribution in [0.5, 0.6) is 0 Å². The third-order valence-electron chi connectivity index (χ3n) is 5.45. The van der Waals surface area contributed by atoms with Crippen LogP contribution in [0.1, 0.15) is 30.0 Å². The Bertz CT molecular complexity index is 1000. The van der Waals surface area contributed by atoms with E-state index in [1.807, 2.05) is 48.5 Å². The molecule has 140 valence electrons. The van der Waals surface area contributed by atoms with Crippen LogP contribution in [0.3, 0.4) is 0 Å². The Hall–Kier alpha value is -3.36. The number of nitriles is 1. The summed E-state index contributed by atoms with van der Waals surface area (Å²) in [6, 6.07) is 21.8. The second-order valence-electron chi connectivity index (χ2n) is 7.09. The molecule has 0 bridgehead atoms. The molecule has 28 heavy (non-hydrogen) atoms. The van der Waals surface area contributed by atoms with E-state index in [1.54, 1.807) is 0 Å². The lowest BCUT2D eigenvalue weighted by atomic mass is 9.79. The van der Waals surface area contributed by atoms with Crippen molar-refractivity contribution < 1.29 is 9.53 Å². The van der Waals surface area contributed by atoms with Crippen molar-refractivity contribution in [2.45, 2.75) is 18.9 Å². The van der Waals surface area contributed by atoms with Crippen molar-refractivity contribution in [3.63, 3.8) is 0 Å². The van der Waals surface area contributed by atoms with Gasteiger partial charge in [0.1, 0.15) is 17.4 Å². The van der Waals surface area contributed by atoms with Crippen molar-refractivity contribution in [2.24, 2.45) is 5.73 Å². The van der Waals surface area contributed by atoms with E-state index in [4.69, 9.17) is 10.5 Å². The first-order valence-corrected chi connectivity index (χ1v) is 9.28. The van der Waals surface area contributed by atoms with Gasteiger partial charge in [0, 0.05) is 11.6 Å². The summed E-state index contributed by atoms with van der Waals surface area (Å²) in [6.07, 6.45) is 0. The average Bonchev–Trinajstić information content (AvgIpc) is 2.73. The number of ketones is 1. The van der Waals surface area contributed by atoms with E-state index in [9.17, 15) is 10.1 Å². The molecule has 5 heteroatoms. The molecule has 4 rings (SSSR count). The first-order valence-electron chi connectivity index (χ1n) is 9.28. The van der Waals surface area contributed by atoms with Gasteiger partial charge in [-0.3, -0.25) is 9.69 Å². The van der Waals surface area contributed by atoms with Gasteiger partial charge in [-0.05, 0) is 18.1 Å². The predicted molar refractivity (Wildman–Crippen MR) is 106 cm³/mol. The Balaban J connectivity index is 1.73. The van der Waals surface area contributed by atoms with E-state index in [0.29, 0.717) is 23.5 Å². The van der Waals surface area contributed by atoms with Crippen LogP contribution < -0.4 is 5.73 Å². The number of Topliss-reactive ketones (excluding diaryl/α,β-unsaturated/α-hetero) is 1. The van der Waals surface area contributed by atoms with E-state index < -0.39 is 5.92 Å². The van der Waals surface area contributed by atoms with Crippen molar-refractivity contribution in [2.75, 3.05) is 13.1 Å². The minimum Gasteiger partial charge on any atom is -0.443 e. The van der Waals surface area contributed by atoms with Gasteiger partial charge in [-0.1, -0.05) is 60.7 Å². The predicted octanol–water partition coefficient (Wildman–Crippen LogP) is 3.39. The zero-order valence-electron chi connectivity index (χ0n) is 15.6. The SMILES string of the molecule is C[C@H](c1ccccc1)N1CC(=O)C2=C(C1)OC(N)=C(C#N)[C@@H]2c1ccccc1. The lowest BCUT2D eigenvalue weighted by Gasteiger charge is -2.38. The second-order valence-corrected chi connectivity index (χ2v) is 7.09. The summed E-state index contributed by atoms with van der Waals surface area (Å²) >= 11 is 0. The molecule has 0 aromatic heterocycles. The van der Waals surface area contributed by atoms with Crippen molar-refractivity contribution in [3.8, 4) is 6.07 Å². The van der Waals surface area contributed by atoms with Crippen LogP contribution in [0, 0.1) is 11.3 Å². The molecule has 2 aromatic rings. The minimum atomic E-state index is -0.475. The lowest BCUT2D eigenvalue weighted by molar-refractivity contribution is -0.118. The number of carbonyl (C=O) groups excluding carboxylic acids is 1. The van der Waals surface area contributed by atoms with E-state index in [-0.39, 0.29) is 24.3 Å². The van der Waals surface area contributed by atoms with Crippen molar-refractivity contribution in [3.05, 3.63) is 94.6 Å². The Morgan fingerprint density at radius 1 is 1.11 bits per heavy atom. The van der Waals surface area contributed by atoms with Crippen LogP contribution in [0.4, 0.5) is 0 Å². The molecule has 0 spiro atoms. The van der Waals surface area contributed by atoms with Gasteiger partial charge in [0.15, 0.2) is 5.78 Å². The quantitative estimate of drug-likeness (QED) is 0.895. The molecule has 2 N–H and O–H groups in total. The second kappa shape index (κ2) is 7.34. The highest BCUT2D eigenvalue weighted by Crippen LogP contribution is 2.42. The highest BCUT2D eigenvalue weighted by Gasteiger charge is 2.40. The number of allylic oxidation sites excluding steroid dienone is 1. The summed E-state index contributed by atoms with van der Waals surface area (Å²) in [5, 5.41) is 9.65. The highest BCUT2D eigenvalue weighted by atomic mass is 16.5. The molecule has 0 amide bonds. The maximum atomic E-state index is 13.2. The van der Waals surface area contributed by atoms with Gasteiger partial charge in [-0.25, -0.2) is 0 Å². The van der Waals surface area contributed by atoms with Crippen LogP contribution in [0.25, 0.3) is 0 Å². The molecule has 0 fully saturated rings. The molecule has 5 nitrogen and oxygen atoms in total. The largest absolute Gasteiger partial charge is 0.443 e. The van der Waals surface area contributed by atoms with Gasteiger partial charge in [-0.15, -0.1) is 0 Å². The Morgan fingerprint density at radius 2 is 1.75 bits per heavy atom. The number of hydrogen-bond acceptors (Lipinski definition) is 5. The van der Waals surface area contributed by atoms with Crippen LogP contribution in [-0.4, -0.2) is 23.8 Å². The number of nitrogens with two attached hydrogens (primary N) is 1. The highest BCUT2D eigenvalue weighted by molar-refractivity contribution is 6.01. The Morgan fingerprint density at radius 3 is 2.39 bits per heavy atom. The van der Waals surface area contributed by atoms with Gasteiger partial charge in [0.05, 0.1) is 19.0 Å². The molecule has 2 aliphatic rings. The van der Waals surface area contributed by atoms with Crippen molar-refractivity contribution in [1.29, 1.82) is 5.26 Å². The molecule has 0 saturated carbocycles. The van der Waals surface area contributed by atoms with E-state index >= 15 is 0 Å². The van der Waals surface area contributed by atoms with Gasteiger partial charge < -0.3 is 10.5 Å². The monoisotopic (exact) mass is 371 g/mol. The summed E-state index contributed by atoms with van der Waals surface area (Å²) in [6.45, 7) is 2.83. The fourth-order valence-corrected chi connectivity index (χ4v) is 3.95. The standard InChI is InChI=1S/C23H21N3O2/c1-15(16-8-4-2-5-9-16)26-13-19(27)22-20(14-26)28-23(25)18(12-24)21(22)17-10-6-3-7-11-17/h2-11,15,21H,13-14,25H2,1H3/t15-,21+/m1/s1. The molecule has 2 heterocycles. The topological polar surface area (TPSA) is 79.3 Å². The molecule has 2 aliphatic heterocycles. The molecular formula is C23H21N3O2.